The monoisotopic (exact) mass is 193 g/mol. The first-order valence-corrected chi connectivity index (χ1v) is 5.06. The SMILES string of the molecule is NN=C(N)C1CSc2ccccc21. The topological polar surface area (TPSA) is 64.4 Å². The molecule has 68 valence electrons. The molecule has 1 aromatic rings. The third-order valence-electron chi connectivity index (χ3n) is 2.21. The molecule has 2 rings (SSSR count). The van der Waals surface area contributed by atoms with Gasteiger partial charge in [-0.2, -0.15) is 5.10 Å². The van der Waals surface area contributed by atoms with E-state index in [9.17, 15) is 0 Å². The molecule has 0 aromatic heterocycles. The second-order valence-corrected chi connectivity index (χ2v) is 4.02. The molecule has 0 spiro atoms. The summed E-state index contributed by atoms with van der Waals surface area (Å²) in [7, 11) is 0. The van der Waals surface area contributed by atoms with Gasteiger partial charge in [0.1, 0.15) is 5.84 Å². The molecule has 1 aliphatic rings. The van der Waals surface area contributed by atoms with Crippen LogP contribution in [0.1, 0.15) is 11.5 Å². The third kappa shape index (κ3) is 1.37. The Hall–Kier alpha value is -1.16. The first-order valence-electron chi connectivity index (χ1n) is 4.08. The zero-order valence-corrected chi connectivity index (χ0v) is 7.92. The van der Waals surface area contributed by atoms with Gasteiger partial charge in [-0.1, -0.05) is 18.2 Å². The van der Waals surface area contributed by atoms with E-state index in [1.165, 1.54) is 10.5 Å². The van der Waals surface area contributed by atoms with Crippen LogP contribution >= 0.6 is 11.8 Å². The van der Waals surface area contributed by atoms with Gasteiger partial charge < -0.3 is 11.6 Å². The second-order valence-electron chi connectivity index (χ2n) is 2.96. The minimum Gasteiger partial charge on any atom is -0.385 e. The maximum atomic E-state index is 5.70. The molecule has 4 heteroatoms. The molecule has 4 N–H and O–H groups in total. The predicted molar refractivity (Wildman–Crippen MR) is 55.7 cm³/mol. The van der Waals surface area contributed by atoms with E-state index in [4.69, 9.17) is 11.6 Å². The number of hydrazone groups is 1. The fraction of sp³-hybridized carbons (Fsp3) is 0.222. The lowest BCUT2D eigenvalue weighted by Crippen LogP contribution is -2.23. The van der Waals surface area contributed by atoms with E-state index in [0.29, 0.717) is 5.84 Å². The van der Waals surface area contributed by atoms with Crippen LogP contribution < -0.4 is 11.6 Å². The number of nitrogens with zero attached hydrogens (tertiary/aromatic N) is 1. The molecule has 0 aliphatic carbocycles. The zero-order chi connectivity index (χ0) is 9.26. The number of hydrogen-bond donors (Lipinski definition) is 2. The average molecular weight is 193 g/mol. The summed E-state index contributed by atoms with van der Waals surface area (Å²) in [5, 5.41) is 3.55. The Morgan fingerprint density at radius 2 is 2.23 bits per heavy atom. The fourth-order valence-corrected chi connectivity index (χ4v) is 2.75. The van der Waals surface area contributed by atoms with Crippen LogP contribution in [0, 0.1) is 0 Å². The van der Waals surface area contributed by atoms with E-state index in [2.05, 4.69) is 17.2 Å². The highest BCUT2D eigenvalue weighted by Crippen LogP contribution is 2.39. The Morgan fingerprint density at radius 1 is 1.46 bits per heavy atom. The largest absolute Gasteiger partial charge is 0.385 e. The molecule has 0 amide bonds. The highest BCUT2D eigenvalue weighted by atomic mass is 32.2. The molecule has 0 radical (unpaired) electrons. The molecule has 1 atom stereocenters. The van der Waals surface area contributed by atoms with E-state index in [-0.39, 0.29) is 5.92 Å². The maximum absolute atomic E-state index is 5.70. The number of amidine groups is 1. The normalized spacial score (nSPS) is 21.5. The summed E-state index contributed by atoms with van der Waals surface area (Å²) in [4.78, 5) is 1.29. The molecule has 0 fully saturated rings. The Kier molecular flexibility index (Phi) is 2.14. The average Bonchev–Trinajstić information content (AvgIpc) is 2.60. The quantitative estimate of drug-likeness (QED) is 0.304. The lowest BCUT2D eigenvalue weighted by atomic mass is 10.0. The summed E-state index contributed by atoms with van der Waals surface area (Å²) in [5.74, 6) is 6.84. The first kappa shape index (κ1) is 8.44. The summed E-state index contributed by atoms with van der Waals surface area (Å²) in [5.41, 5.74) is 6.95. The van der Waals surface area contributed by atoms with Gasteiger partial charge in [0.25, 0.3) is 0 Å². The molecule has 13 heavy (non-hydrogen) atoms. The second kappa shape index (κ2) is 3.30. The van der Waals surface area contributed by atoms with Crippen LogP contribution in [-0.2, 0) is 0 Å². The molecule has 1 unspecified atom stereocenters. The van der Waals surface area contributed by atoms with Gasteiger partial charge in [0, 0.05) is 10.6 Å². The van der Waals surface area contributed by atoms with E-state index in [1.54, 1.807) is 11.8 Å². The first-order chi connectivity index (χ1) is 6.33. The van der Waals surface area contributed by atoms with Crippen LogP contribution in [0.2, 0.25) is 0 Å². The fourth-order valence-electron chi connectivity index (χ4n) is 1.50. The number of nitrogens with two attached hydrogens (primary N) is 2. The Labute approximate surface area is 81.2 Å². The van der Waals surface area contributed by atoms with Gasteiger partial charge in [-0.25, -0.2) is 0 Å². The van der Waals surface area contributed by atoms with E-state index in [1.807, 2.05) is 12.1 Å². The molecule has 1 heterocycles. The van der Waals surface area contributed by atoms with Gasteiger partial charge in [-0.15, -0.1) is 11.8 Å². The van der Waals surface area contributed by atoms with Crippen LogP contribution in [-0.4, -0.2) is 11.6 Å². The molecule has 0 bridgehead atoms. The Bertz CT molecular complexity index is 348. The van der Waals surface area contributed by atoms with Crippen molar-refractivity contribution in [2.75, 3.05) is 5.75 Å². The summed E-state index contributed by atoms with van der Waals surface area (Å²) < 4.78 is 0. The molecular formula is C9H11N3S. The van der Waals surface area contributed by atoms with Crippen molar-refractivity contribution < 1.29 is 0 Å². The minimum atomic E-state index is 0.200. The summed E-state index contributed by atoms with van der Waals surface area (Å²) >= 11 is 1.80. The molecule has 3 nitrogen and oxygen atoms in total. The summed E-state index contributed by atoms with van der Waals surface area (Å²) in [6.07, 6.45) is 0. The van der Waals surface area contributed by atoms with Crippen LogP contribution in [0.4, 0.5) is 0 Å². The van der Waals surface area contributed by atoms with Crippen LogP contribution in [0.3, 0.4) is 0 Å². The smallest absolute Gasteiger partial charge is 0.127 e. The summed E-state index contributed by atoms with van der Waals surface area (Å²) in [6.45, 7) is 0. The van der Waals surface area contributed by atoms with Crippen LogP contribution in [0.5, 0.6) is 0 Å². The van der Waals surface area contributed by atoms with E-state index in [0.717, 1.165) is 5.75 Å². The van der Waals surface area contributed by atoms with Crippen molar-refractivity contribution >= 4 is 17.6 Å². The number of benzene rings is 1. The van der Waals surface area contributed by atoms with Crippen LogP contribution in [0.15, 0.2) is 34.3 Å². The number of fused-ring (bicyclic) bond motifs is 1. The van der Waals surface area contributed by atoms with Crippen molar-refractivity contribution in [3.8, 4) is 0 Å². The lowest BCUT2D eigenvalue weighted by molar-refractivity contribution is 0.997. The molecule has 1 aromatic carbocycles. The van der Waals surface area contributed by atoms with E-state index >= 15 is 0 Å². The van der Waals surface area contributed by atoms with Gasteiger partial charge in [-0.3, -0.25) is 0 Å². The summed E-state index contributed by atoms with van der Waals surface area (Å²) in [6, 6.07) is 8.23. The molecule has 1 aliphatic heterocycles. The van der Waals surface area contributed by atoms with E-state index < -0.39 is 0 Å². The molecule has 0 saturated carbocycles. The van der Waals surface area contributed by atoms with Crippen molar-refractivity contribution in [2.24, 2.45) is 16.7 Å². The van der Waals surface area contributed by atoms with Crippen molar-refractivity contribution in [3.63, 3.8) is 0 Å². The molecular weight excluding hydrogens is 182 g/mol. The van der Waals surface area contributed by atoms with Crippen molar-refractivity contribution in [3.05, 3.63) is 29.8 Å². The standard InChI is InChI=1S/C9H11N3S/c10-9(12-11)7-5-13-8-4-2-1-3-6(7)8/h1-4,7H,5,11H2,(H2,10,12). The van der Waals surface area contributed by atoms with Crippen molar-refractivity contribution in [1.29, 1.82) is 0 Å². The maximum Gasteiger partial charge on any atom is 0.127 e. The van der Waals surface area contributed by atoms with Crippen molar-refractivity contribution in [1.82, 2.24) is 0 Å². The van der Waals surface area contributed by atoms with Gasteiger partial charge in [0.15, 0.2) is 0 Å². The Balaban J connectivity index is 2.39. The highest BCUT2D eigenvalue weighted by molar-refractivity contribution is 7.99. The number of rotatable bonds is 1. The molecule has 0 saturated heterocycles. The number of hydrogen-bond acceptors (Lipinski definition) is 3. The predicted octanol–water partition coefficient (Wildman–Crippen LogP) is 1.11. The highest BCUT2D eigenvalue weighted by Gasteiger charge is 2.25. The zero-order valence-electron chi connectivity index (χ0n) is 7.10. The van der Waals surface area contributed by atoms with Crippen LogP contribution in [0.25, 0.3) is 0 Å². The van der Waals surface area contributed by atoms with Gasteiger partial charge in [-0.05, 0) is 11.6 Å². The third-order valence-corrected chi connectivity index (χ3v) is 3.39. The van der Waals surface area contributed by atoms with Gasteiger partial charge >= 0.3 is 0 Å². The minimum absolute atomic E-state index is 0.200. The number of thioether (sulfide) groups is 1. The van der Waals surface area contributed by atoms with Gasteiger partial charge in [0.05, 0.1) is 5.92 Å². The lowest BCUT2D eigenvalue weighted by Gasteiger charge is -2.07. The van der Waals surface area contributed by atoms with Crippen molar-refractivity contribution in [2.45, 2.75) is 10.8 Å². The Morgan fingerprint density at radius 3 is 3.00 bits per heavy atom. The van der Waals surface area contributed by atoms with Gasteiger partial charge in [0.2, 0.25) is 0 Å².